The Kier molecular flexibility index (Phi) is 7.87. The Morgan fingerprint density at radius 3 is 2.43 bits per heavy atom. The van der Waals surface area contributed by atoms with E-state index in [1.54, 1.807) is 12.1 Å². The number of nitrogens with zero attached hydrogens (tertiary/aromatic N) is 1. The first-order valence-electron chi connectivity index (χ1n) is 13.9. The molecular formula is C32H31BrClN3O5. The van der Waals surface area contributed by atoms with Crippen molar-refractivity contribution in [2.75, 3.05) is 11.9 Å². The molecule has 2 bridgehead atoms. The third-order valence-electron chi connectivity index (χ3n) is 8.75. The number of aliphatic hydroxyl groups excluding tert-OH is 1. The fraction of sp³-hybridized carbons (Fsp3) is 0.344. The fourth-order valence-electron chi connectivity index (χ4n) is 6.92. The molecule has 3 N–H and O–H groups in total. The molecule has 3 unspecified atom stereocenters. The molecule has 0 aromatic heterocycles. The largest absolute Gasteiger partial charge is 0.394 e. The number of nitrogens with one attached hydrogen (secondary N) is 2. The molecule has 0 aliphatic carbocycles. The Hall–Kier alpha value is -3.24. The van der Waals surface area contributed by atoms with Crippen LogP contribution in [0.1, 0.15) is 29.2 Å². The third kappa shape index (κ3) is 4.72. The number of amides is 3. The number of aliphatic hydroxyl groups is 1. The Morgan fingerprint density at radius 1 is 1.07 bits per heavy atom. The number of anilines is 1. The van der Waals surface area contributed by atoms with Crippen LogP contribution in [0.3, 0.4) is 0 Å². The third-order valence-corrected chi connectivity index (χ3v) is 9.91. The summed E-state index contributed by atoms with van der Waals surface area (Å²) in [5.74, 6) is -2.92. The number of fused-ring (bicyclic) bond motifs is 1. The lowest BCUT2D eigenvalue weighted by atomic mass is 9.70. The molecule has 0 saturated carbocycles. The summed E-state index contributed by atoms with van der Waals surface area (Å²) < 4.78 is 6.60. The molecule has 3 aliphatic rings. The van der Waals surface area contributed by atoms with Gasteiger partial charge in [0.1, 0.15) is 11.6 Å². The van der Waals surface area contributed by atoms with Crippen molar-refractivity contribution < 1.29 is 24.2 Å². The highest BCUT2D eigenvalue weighted by Crippen LogP contribution is 2.61. The number of hydrogen-bond donors (Lipinski definition) is 3. The minimum Gasteiger partial charge on any atom is -0.394 e. The van der Waals surface area contributed by atoms with Gasteiger partial charge in [-0.2, -0.15) is 0 Å². The van der Waals surface area contributed by atoms with Crippen molar-refractivity contribution in [1.82, 2.24) is 10.2 Å². The second kappa shape index (κ2) is 11.4. The van der Waals surface area contributed by atoms with Crippen LogP contribution in [0.5, 0.6) is 0 Å². The SMILES string of the molecule is Cc1cccc(Cl)c1NC(=O)C1N([C@H](CO)c2ccccc2)C(=O)[C@@H]2[C@H](C(=O)NCc3ccccc3)[C@H]3OC12CC3Br. The maximum absolute atomic E-state index is 14.5. The van der Waals surface area contributed by atoms with Gasteiger partial charge in [-0.25, -0.2) is 0 Å². The molecule has 1 spiro atoms. The number of para-hydroxylation sites is 1. The Balaban J connectivity index is 1.40. The Bertz CT molecular complexity index is 1490. The molecular weight excluding hydrogens is 622 g/mol. The van der Waals surface area contributed by atoms with Gasteiger partial charge < -0.3 is 25.4 Å². The summed E-state index contributed by atoms with van der Waals surface area (Å²) in [6.07, 6.45) is -0.252. The van der Waals surface area contributed by atoms with Gasteiger partial charge in [-0.05, 0) is 36.1 Å². The summed E-state index contributed by atoms with van der Waals surface area (Å²) in [5.41, 5.74) is 1.52. The van der Waals surface area contributed by atoms with Crippen LogP contribution in [0.25, 0.3) is 0 Å². The van der Waals surface area contributed by atoms with Crippen LogP contribution in [-0.2, 0) is 25.7 Å². The minimum atomic E-state index is -1.29. The quantitative estimate of drug-likeness (QED) is 0.313. The van der Waals surface area contributed by atoms with E-state index in [2.05, 4.69) is 26.6 Å². The van der Waals surface area contributed by atoms with Crippen LogP contribution in [0, 0.1) is 18.8 Å². The number of carbonyl (C=O) groups is 3. The van der Waals surface area contributed by atoms with Crippen molar-refractivity contribution >= 4 is 50.9 Å². The van der Waals surface area contributed by atoms with E-state index in [4.69, 9.17) is 16.3 Å². The molecule has 7 atom stereocenters. The van der Waals surface area contributed by atoms with Gasteiger partial charge in [0, 0.05) is 11.4 Å². The average Bonchev–Trinajstić information content (AvgIpc) is 3.59. The summed E-state index contributed by atoms with van der Waals surface area (Å²) >= 11 is 10.2. The molecule has 3 aliphatic heterocycles. The van der Waals surface area contributed by atoms with E-state index in [0.29, 0.717) is 29.2 Å². The summed E-state index contributed by atoms with van der Waals surface area (Å²) in [7, 11) is 0. The maximum Gasteiger partial charge on any atom is 0.250 e. The van der Waals surface area contributed by atoms with Gasteiger partial charge in [0.2, 0.25) is 17.7 Å². The molecule has 6 rings (SSSR count). The Morgan fingerprint density at radius 2 is 1.76 bits per heavy atom. The second-order valence-corrected chi connectivity index (χ2v) is 12.7. The number of halogens is 2. The smallest absolute Gasteiger partial charge is 0.250 e. The number of aryl methyl sites for hydroxylation is 1. The summed E-state index contributed by atoms with van der Waals surface area (Å²) in [6, 6.07) is 22.0. The van der Waals surface area contributed by atoms with Crippen LogP contribution in [0.15, 0.2) is 78.9 Å². The normalized spacial score (nSPS) is 28.4. The lowest BCUT2D eigenvalue weighted by Crippen LogP contribution is -2.55. The standard InChI is InChI=1S/C32H31BrClN3O5/c1-18-9-8-14-22(34)26(18)36-30(40)28-32-15-21(33)27(42-32)24(29(39)35-16-19-10-4-2-5-11-19)25(32)31(41)37(28)23(17-38)20-12-6-3-7-13-20/h2-14,21,23-25,27-28,38H,15-17H2,1H3,(H,35,39)(H,36,40)/t21?,23-,24+,25+,27+,28?,32?/m1/s1. The number of carbonyl (C=O) groups excluding carboxylic acids is 3. The van der Waals surface area contributed by atoms with Crippen LogP contribution >= 0.6 is 27.5 Å². The molecule has 42 heavy (non-hydrogen) atoms. The van der Waals surface area contributed by atoms with Crippen molar-refractivity contribution in [3.05, 3.63) is 101 Å². The maximum atomic E-state index is 14.5. The van der Waals surface area contributed by atoms with Crippen molar-refractivity contribution in [3.8, 4) is 0 Å². The van der Waals surface area contributed by atoms with Gasteiger partial charge in [0.25, 0.3) is 0 Å². The van der Waals surface area contributed by atoms with Gasteiger partial charge in [-0.1, -0.05) is 100 Å². The predicted molar refractivity (Wildman–Crippen MR) is 162 cm³/mol. The van der Waals surface area contributed by atoms with Crippen LogP contribution in [0.4, 0.5) is 5.69 Å². The summed E-state index contributed by atoms with van der Waals surface area (Å²) in [5, 5.41) is 16.9. The van der Waals surface area contributed by atoms with Gasteiger partial charge in [-0.3, -0.25) is 14.4 Å². The number of ether oxygens (including phenoxy) is 1. The highest BCUT2D eigenvalue weighted by molar-refractivity contribution is 9.09. The predicted octanol–water partition coefficient (Wildman–Crippen LogP) is 4.38. The lowest BCUT2D eigenvalue weighted by Gasteiger charge is -2.37. The molecule has 0 radical (unpaired) electrons. The first-order chi connectivity index (χ1) is 20.3. The number of likely N-dealkylation sites (tertiary alicyclic amines) is 1. The van der Waals surface area contributed by atoms with Crippen LogP contribution in [-0.4, -0.2) is 56.9 Å². The van der Waals surface area contributed by atoms with Gasteiger partial charge in [0.05, 0.1) is 41.3 Å². The van der Waals surface area contributed by atoms with E-state index in [0.717, 1.165) is 11.1 Å². The number of alkyl halides is 1. The van der Waals surface area contributed by atoms with E-state index in [1.165, 1.54) is 4.90 Å². The van der Waals surface area contributed by atoms with Gasteiger partial charge in [0.15, 0.2) is 0 Å². The molecule has 3 saturated heterocycles. The highest BCUT2D eigenvalue weighted by atomic mass is 79.9. The molecule has 3 aromatic rings. The average molecular weight is 653 g/mol. The van der Waals surface area contributed by atoms with Crippen molar-refractivity contribution in [3.63, 3.8) is 0 Å². The minimum absolute atomic E-state index is 0.254. The molecule has 10 heteroatoms. The van der Waals surface area contributed by atoms with Crippen LogP contribution < -0.4 is 10.6 Å². The molecule has 3 amide bonds. The molecule has 3 heterocycles. The zero-order chi connectivity index (χ0) is 29.6. The van der Waals surface area contributed by atoms with Crippen molar-refractivity contribution in [2.45, 2.75) is 48.5 Å². The second-order valence-electron chi connectivity index (χ2n) is 11.1. The molecule has 218 valence electrons. The zero-order valence-electron chi connectivity index (χ0n) is 22.9. The topological polar surface area (TPSA) is 108 Å². The van der Waals surface area contributed by atoms with E-state index in [1.807, 2.05) is 73.7 Å². The molecule has 8 nitrogen and oxygen atoms in total. The van der Waals surface area contributed by atoms with E-state index >= 15 is 0 Å². The summed E-state index contributed by atoms with van der Waals surface area (Å²) in [6.45, 7) is 1.71. The van der Waals surface area contributed by atoms with Crippen molar-refractivity contribution in [1.29, 1.82) is 0 Å². The summed E-state index contributed by atoms with van der Waals surface area (Å²) in [4.78, 5) is 43.7. The first kappa shape index (κ1) is 28.9. The molecule has 3 fully saturated rings. The fourth-order valence-corrected chi connectivity index (χ4v) is 8.13. The monoisotopic (exact) mass is 651 g/mol. The van der Waals surface area contributed by atoms with Crippen molar-refractivity contribution in [2.24, 2.45) is 11.8 Å². The highest BCUT2D eigenvalue weighted by Gasteiger charge is 2.77. The Labute approximate surface area is 257 Å². The number of benzene rings is 3. The van der Waals surface area contributed by atoms with Gasteiger partial charge in [-0.15, -0.1) is 0 Å². The number of hydrogen-bond acceptors (Lipinski definition) is 5. The first-order valence-corrected chi connectivity index (χ1v) is 15.2. The van der Waals surface area contributed by atoms with E-state index in [9.17, 15) is 19.5 Å². The van der Waals surface area contributed by atoms with Gasteiger partial charge >= 0.3 is 0 Å². The van der Waals surface area contributed by atoms with E-state index < -0.39 is 54.0 Å². The molecule has 3 aromatic carbocycles. The number of rotatable bonds is 8. The lowest BCUT2D eigenvalue weighted by molar-refractivity contribution is -0.144. The van der Waals surface area contributed by atoms with Crippen LogP contribution in [0.2, 0.25) is 5.02 Å². The van der Waals surface area contributed by atoms with E-state index in [-0.39, 0.29) is 10.7 Å². The zero-order valence-corrected chi connectivity index (χ0v) is 25.2.